The van der Waals surface area contributed by atoms with Gasteiger partial charge in [0, 0.05) is 9.52 Å². The van der Waals surface area contributed by atoms with E-state index in [0.717, 1.165) is 21.4 Å². The molecule has 2 atom stereocenters. The summed E-state index contributed by atoms with van der Waals surface area (Å²) in [6, 6.07) is 13.7. The zero-order chi connectivity index (χ0) is 21.0. The first-order chi connectivity index (χ1) is 12.7. The summed E-state index contributed by atoms with van der Waals surface area (Å²) >= 11 is 0. The number of hydrogen-bond acceptors (Lipinski definition) is 0. The van der Waals surface area contributed by atoms with Gasteiger partial charge in [0.15, 0.2) is 0 Å². The summed E-state index contributed by atoms with van der Waals surface area (Å²) < 4.78 is 0. The Hall–Kier alpha value is 0.380. The smallest absolute Gasteiger partial charge is 1.00 e. The Bertz CT molecular complexity index is 549. The summed E-state index contributed by atoms with van der Waals surface area (Å²) in [7, 11) is 0.750. The summed E-state index contributed by atoms with van der Waals surface area (Å²) in [4.78, 5) is 0. The molecule has 0 heterocycles. The molecule has 0 nitrogen and oxygen atoms in total. The zero-order valence-corrected chi connectivity index (χ0v) is 26.1. The molecule has 30 heavy (non-hydrogen) atoms. The Labute approximate surface area is 222 Å². The van der Waals surface area contributed by atoms with Crippen molar-refractivity contribution < 1.29 is 51.0 Å². The van der Waals surface area contributed by atoms with Crippen molar-refractivity contribution in [1.29, 1.82) is 0 Å². The van der Waals surface area contributed by atoms with Gasteiger partial charge in [0.1, 0.15) is 0 Å². The SMILES string of the molecule is CCC(C)c1c[cH-]c(C(C)C)c1.CCC(C)c1c[cH-]c(C(C)C)c1.C[SiH]C.[Cl-].[Cl-].[Zr+4]. The molecule has 2 aromatic carbocycles. The van der Waals surface area contributed by atoms with Gasteiger partial charge in [-0.3, -0.25) is 0 Å². The van der Waals surface area contributed by atoms with Crippen LogP contribution in [0.15, 0.2) is 36.4 Å². The fourth-order valence-electron chi connectivity index (χ4n) is 2.76. The van der Waals surface area contributed by atoms with Crippen molar-refractivity contribution in [3.05, 3.63) is 58.7 Å². The second kappa shape index (κ2) is 21.2. The predicted molar refractivity (Wildman–Crippen MR) is 129 cm³/mol. The van der Waals surface area contributed by atoms with E-state index in [-0.39, 0.29) is 51.0 Å². The van der Waals surface area contributed by atoms with Crippen molar-refractivity contribution in [1.82, 2.24) is 0 Å². The predicted octanol–water partition coefficient (Wildman–Crippen LogP) is 2.61. The molecule has 0 amide bonds. The van der Waals surface area contributed by atoms with Gasteiger partial charge in [-0.1, -0.05) is 93.2 Å². The monoisotopic (exact) mass is 545 g/mol. The van der Waals surface area contributed by atoms with Gasteiger partial charge in [-0.15, -0.1) is 0 Å². The minimum Gasteiger partial charge on any atom is -1.00 e. The van der Waals surface area contributed by atoms with Crippen LogP contribution in [0.1, 0.15) is 114 Å². The molecule has 2 rings (SSSR count). The van der Waals surface area contributed by atoms with Gasteiger partial charge in [0.05, 0.1) is 0 Å². The van der Waals surface area contributed by atoms with Crippen LogP contribution < -0.4 is 24.8 Å². The van der Waals surface area contributed by atoms with Crippen LogP contribution in [-0.2, 0) is 26.2 Å². The van der Waals surface area contributed by atoms with Gasteiger partial charge < -0.3 is 24.8 Å². The van der Waals surface area contributed by atoms with Crippen molar-refractivity contribution in [2.24, 2.45) is 0 Å². The van der Waals surface area contributed by atoms with Crippen LogP contribution >= 0.6 is 0 Å². The normalized spacial score (nSPS) is 11.6. The maximum atomic E-state index is 2.35. The van der Waals surface area contributed by atoms with Gasteiger partial charge in [0.25, 0.3) is 0 Å². The van der Waals surface area contributed by atoms with Crippen molar-refractivity contribution in [3.63, 3.8) is 0 Å². The zero-order valence-electron chi connectivity index (χ0n) is 21.0. The summed E-state index contributed by atoms with van der Waals surface area (Å²) in [6.07, 6.45) is 2.48. The molecule has 0 aliphatic heterocycles. The molecule has 0 spiro atoms. The Kier molecular flexibility index (Phi) is 26.7. The van der Waals surface area contributed by atoms with Crippen LogP contribution in [0.3, 0.4) is 0 Å². The fourth-order valence-corrected chi connectivity index (χ4v) is 2.76. The first-order valence-corrected chi connectivity index (χ1v) is 13.3. The van der Waals surface area contributed by atoms with E-state index in [1.807, 2.05) is 0 Å². The molecule has 0 aliphatic rings. The van der Waals surface area contributed by atoms with Crippen molar-refractivity contribution >= 4 is 9.52 Å². The minimum absolute atomic E-state index is 0. The van der Waals surface area contributed by atoms with E-state index in [2.05, 4.69) is 105 Å². The quantitative estimate of drug-likeness (QED) is 0.385. The Morgan fingerprint density at radius 1 is 0.700 bits per heavy atom. The Morgan fingerprint density at radius 3 is 1.13 bits per heavy atom. The van der Waals surface area contributed by atoms with Crippen molar-refractivity contribution in [2.75, 3.05) is 0 Å². The molecule has 0 saturated carbocycles. The minimum atomic E-state index is 0. The molecule has 4 heteroatoms. The molecule has 1 radical (unpaired) electrons. The molecular formula is C26H45Cl2SiZr. The van der Waals surface area contributed by atoms with Gasteiger partial charge >= 0.3 is 26.2 Å². The average molecular weight is 548 g/mol. The maximum Gasteiger partial charge on any atom is 4.00 e. The third-order valence-corrected chi connectivity index (χ3v) is 5.30. The summed E-state index contributed by atoms with van der Waals surface area (Å²) in [5, 5.41) is 0. The molecule has 2 unspecified atom stereocenters. The van der Waals surface area contributed by atoms with Crippen LogP contribution in [0.5, 0.6) is 0 Å². The second-order valence-electron chi connectivity index (χ2n) is 8.46. The van der Waals surface area contributed by atoms with Gasteiger partial charge in [-0.2, -0.15) is 46.5 Å². The molecule has 2 aromatic rings. The first kappa shape index (κ1) is 37.7. The van der Waals surface area contributed by atoms with E-state index >= 15 is 0 Å². The van der Waals surface area contributed by atoms with E-state index in [1.54, 1.807) is 0 Å². The van der Waals surface area contributed by atoms with Crippen molar-refractivity contribution in [3.8, 4) is 0 Å². The first-order valence-electron chi connectivity index (χ1n) is 11.0. The van der Waals surface area contributed by atoms with Crippen LogP contribution in [0.4, 0.5) is 0 Å². The molecule has 171 valence electrons. The average Bonchev–Trinajstić information content (AvgIpc) is 3.31. The van der Waals surface area contributed by atoms with E-state index in [1.165, 1.54) is 35.1 Å². The van der Waals surface area contributed by atoms with Crippen LogP contribution in [0, 0.1) is 0 Å². The third kappa shape index (κ3) is 14.4. The standard InChI is InChI=1S/2C12H19.C2H7Si.2ClH.Zr/c2*1-5-10(4)12-7-6-11(8-12)9(2)3;1-3-2;;;/h2*6-10H,5H2,1-4H3;3H,1-2H3;2*1H;/q2*-1;;;;+4/p-2. The molecule has 0 N–H and O–H groups in total. The van der Waals surface area contributed by atoms with E-state index in [9.17, 15) is 0 Å². The Morgan fingerprint density at radius 2 is 0.967 bits per heavy atom. The van der Waals surface area contributed by atoms with E-state index < -0.39 is 0 Å². The van der Waals surface area contributed by atoms with Crippen LogP contribution in [-0.4, -0.2) is 9.52 Å². The van der Waals surface area contributed by atoms with Gasteiger partial charge in [0.2, 0.25) is 0 Å². The van der Waals surface area contributed by atoms with Crippen LogP contribution in [0.25, 0.3) is 0 Å². The second-order valence-corrected chi connectivity index (χ2v) is 9.62. The molecule has 0 aromatic heterocycles. The van der Waals surface area contributed by atoms with Gasteiger partial charge in [-0.25, -0.2) is 12.1 Å². The molecule has 0 bridgehead atoms. The van der Waals surface area contributed by atoms with Gasteiger partial charge in [-0.05, 0) is 11.8 Å². The summed E-state index contributed by atoms with van der Waals surface area (Å²) in [5.41, 5.74) is 5.96. The molecular weight excluding hydrogens is 503 g/mol. The summed E-state index contributed by atoms with van der Waals surface area (Å²) in [5.74, 6) is 2.78. The topological polar surface area (TPSA) is 0 Å². The molecule has 0 fully saturated rings. The number of rotatable bonds is 6. The number of hydrogen-bond donors (Lipinski definition) is 0. The molecule has 0 aliphatic carbocycles. The largest absolute Gasteiger partial charge is 4.00 e. The molecule has 0 saturated heterocycles. The van der Waals surface area contributed by atoms with Crippen LogP contribution in [0.2, 0.25) is 13.1 Å². The fraction of sp³-hybridized carbons (Fsp3) is 0.615. The van der Waals surface area contributed by atoms with Crippen molar-refractivity contribution in [2.45, 2.75) is 105 Å². The van der Waals surface area contributed by atoms with E-state index in [4.69, 9.17) is 0 Å². The maximum absolute atomic E-state index is 2.35. The summed E-state index contributed by atoms with van der Waals surface area (Å²) in [6.45, 7) is 22.5. The third-order valence-electron chi connectivity index (χ3n) is 5.30. The number of halogens is 2. The Balaban J connectivity index is -0.000000183. The van der Waals surface area contributed by atoms with E-state index in [0.29, 0.717) is 11.8 Å².